The van der Waals surface area contributed by atoms with E-state index >= 15 is 0 Å². The molecule has 5 rings (SSSR count). The molecule has 0 saturated heterocycles. The van der Waals surface area contributed by atoms with Gasteiger partial charge in [-0.25, -0.2) is 4.98 Å². The van der Waals surface area contributed by atoms with Crippen LogP contribution in [0.2, 0.25) is 0 Å². The Hall–Kier alpha value is -3.77. The van der Waals surface area contributed by atoms with Crippen molar-refractivity contribution in [3.8, 4) is 11.3 Å². The van der Waals surface area contributed by atoms with Crippen LogP contribution in [0.5, 0.6) is 0 Å². The molecular formula is C27H23N3O2S. The third-order valence-electron chi connectivity index (χ3n) is 5.91. The van der Waals surface area contributed by atoms with Gasteiger partial charge in [-0.15, -0.1) is 11.3 Å². The number of aromatic nitrogens is 1. The smallest absolute Gasteiger partial charge is 0.238 e. The molecule has 33 heavy (non-hydrogen) atoms. The molecule has 1 aromatic heterocycles. The maximum Gasteiger partial charge on any atom is 0.238 e. The van der Waals surface area contributed by atoms with Crippen LogP contribution >= 0.6 is 11.3 Å². The van der Waals surface area contributed by atoms with Gasteiger partial charge in [0.25, 0.3) is 0 Å². The van der Waals surface area contributed by atoms with Crippen molar-refractivity contribution in [2.24, 2.45) is 0 Å². The summed E-state index contributed by atoms with van der Waals surface area (Å²) in [4.78, 5) is 31.6. The summed E-state index contributed by atoms with van der Waals surface area (Å²) in [7, 11) is 0. The van der Waals surface area contributed by atoms with E-state index in [1.807, 2.05) is 78.2 Å². The fourth-order valence-electron chi connectivity index (χ4n) is 4.32. The summed E-state index contributed by atoms with van der Waals surface area (Å²) in [6, 6.07) is 25.6. The van der Waals surface area contributed by atoms with Crippen LogP contribution in [0.4, 0.5) is 10.8 Å². The van der Waals surface area contributed by atoms with Gasteiger partial charge in [0.15, 0.2) is 5.13 Å². The number of thiazole rings is 1. The summed E-state index contributed by atoms with van der Waals surface area (Å²) < 4.78 is 0. The molecular weight excluding hydrogens is 430 g/mol. The Morgan fingerprint density at radius 3 is 2.27 bits per heavy atom. The van der Waals surface area contributed by atoms with Crippen LogP contribution in [-0.2, 0) is 16.0 Å². The van der Waals surface area contributed by atoms with Crippen molar-refractivity contribution in [1.29, 1.82) is 0 Å². The molecule has 0 radical (unpaired) electrons. The number of nitrogens with zero attached hydrogens (tertiary/aromatic N) is 2. The normalized spacial score (nSPS) is 12.6. The highest BCUT2D eigenvalue weighted by atomic mass is 32.1. The molecule has 1 N–H and O–H groups in total. The SMILES string of the molecule is CC(=O)N1CCc2cc(-c3csc(NC(=O)C(c4ccccc4)c4ccccc4)n3)ccc21. The van der Waals surface area contributed by atoms with E-state index in [4.69, 9.17) is 0 Å². The zero-order valence-corrected chi connectivity index (χ0v) is 19.0. The summed E-state index contributed by atoms with van der Waals surface area (Å²) in [6.45, 7) is 2.31. The Kier molecular flexibility index (Phi) is 5.75. The average Bonchev–Trinajstić information content (AvgIpc) is 3.47. The van der Waals surface area contributed by atoms with Crippen LogP contribution in [-0.4, -0.2) is 23.3 Å². The second kappa shape index (κ2) is 9.00. The van der Waals surface area contributed by atoms with Gasteiger partial charge in [-0.2, -0.15) is 0 Å². The molecule has 0 atom stereocenters. The summed E-state index contributed by atoms with van der Waals surface area (Å²) >= 11 is 1.41. The molecule has 5 nitrogen and oxygen atoms in total. The quantitative estimate of drug-likeness (QED) is 0.435. The molecule has 2 heterocycles. The van der Waals surface area contributed by atoms with Gasteiger partial charge >= 0.3 is 0 Å². The van der Waals surface area contributed by atoms with E-state index in [2.05, 4.69) is 16.4 Å². The van der Waals surface area contributed by atoms with Crippen LogP contribution in [0.1, 0.15) is 29.5 Å². The Balaban J connectivity index is 1.38. The van der Waals surface area contributed by atoms with Gasteiger partial charge in [-0.05, 0) is 35.2 Å². The minimum Gasteiger partial charge on any atom is -0.312 e. The van der Waals surface area contributed by atoms with Gasteiger partial charge in [0, 0.05) is 30.1 Å². The molecule has 0 spiro atoms. The Morgan fingerprint density at radius 2 is 1.64 bits per heavy atom. The number of hydrogen-bond acceptors (Lipinski definition) is 4. The Labute approximate surface area is 196 Å². The number of fused-ring (bicyclic) bond motifs is 1. The number of carbonyl (C=O) groups excluding carboxylic acids is 2. The monoisotopic (exact) mass is 453 g/mol. The summed E-state index contributed by atoms with van der Waals surface area (Å²) in [5.74, 6) is -0.469. The lowest BCUT2D eigenvalue weighted by Gasteiger charge is -2.17. The molecule has 3 aromatic carbocycles. The van der Waals surface area contributed by atoms with Crippen LogP contribution in [0.3, 0.4) is 0 Å². The van der Waals surface area contributed by atoms with Crippen LogP contribution < -0.4 is 10.2 Å². The first kappa shape index (κ1) is 21.1. The maximum atomic E-state index is 13.3. The topological polar surface area (TPSA) is 62.3 Å². The van der Waals surface area contributed by atoms with E-state index < -0.39 is 5.92 Å². The van der Waals surface area contributed by atoms with Crippen molar-refractivity contribution in [3.63, 3.8) is 0 Å². The lowest BCUT2D eigenvalue weighted by atomic mass is 9.90. The first-order chi connectivity index (χ1) is 16.1. The molecule has 4 aromatic rings. The third kappa shape index (κ3) is 4.30. The van der Waals surface area contributed by atoms with Crippen molar-refractivity contribution in [2.45, 2.75) is 19.3 Å². The minimum atomic E-state index is -0.419. The van der Waals surface area contributed by atoms with E-state index in [1.54, 1.807) is 11.8 Å². The number of hydrogen-bond donors (Lipinski definition) is 1. The van der Waals surface area contributed by atoms with E-state index in [0.29, 0.717) is 11.7 Å². The highest BCUT2D eigenvalue weighted by molar-refractivity contribution is 7.14. The third-order valence-corrected chi connectivity index (χ3v) is 6.67. The van der Waals surface area contributed by atoms with E-state index in [9.17, 15) is 9.59 Å². The van der Waals surface area contributed by atoms with Gasteiger partial charge in [-0.3, -0.25) is 9.59 Å². The highest BCUT2D eigenvalue weighted by Gasteiger charge is 2.25. The molecule has 0 aliphatic carbocycles. The number of carbonyl (C=O) groups is 2. The molecule has 1 aliphatic rings. The molecule has 1 aliphatic heterocycles. The summed E-state index contributed by atoms with van der Waals surface area (Å²) in [5.41, 5.74) is 5.80. The maximum absolute atomic E-state index is 13.3. The van der Waals surface area contributed by atoms with Crippen molar-refractivity contribution < 1.29 is 9.59 Å². The summed E-state index contributed by atoms with van der Waals surface area (Å²) in [5, 5.41) is 5.54. The molecule has 0 fully saturated rings. The van der Waals surface area contributed by atoms with Crippen molar-refractivity contribution in [2.75, 3.05) is 16.8 Å². The van der Waals surface area contributed by atoms with Crippen LogP contribution in [0, 0.1) is 0 Å². The number of rotatable bonds is 5. The number of nitrogens with one attached hydrogen (secondary N) is 1. The predicted octanol–water partition coefficient (Wildman–Crippen LogP) is 5.49. The summed E-state index contributed by atoms with van der Waals surface area (Å²) in [6.07, 6.45) is 0.840. The highest BCUT2D eigenvalue weighted by Crippen LogP contribution is 2.34. The average molecular weight is 454 g/mol. The number of amides is 2. The zero-order chi connectivity index (χ0) is 22.8. The minimum absolute atomic E-state index is 0.0616. The fourth-order valence-corrected chi connectivity index (χ4v) is 5.04. The molecule has 6 heteroatoms. The lowest BCUT2D eigenvalue weighted by Crippen LogP contribution is -2.25. The van der Waals surface area contributed by atoms with Gasteiger partial charge < -0.3 is 10.2 Å². The van der Waals surface area contributed by atoms with Gasteiger partial charge in [0.1, 0.15) is 0 Å². The second-order valence-corrected chi connectivity index (χ2v) is 8.90. The molecule has 0 bridgehead atoms. The number of benzene rings is 3. The van der Waals surface area contributed by atoms with Gasteiger partial charge in [0.05, 0.1) is 11.6 Å². The molecule has 2 amide bonds. The van der Waals surface area contributed by atoms with Crippen LogP contribution in [0.25, 0.3) is 11.3 Å². The Bertz CT molecular complexity index is 1260. The fraction of sp³-hybridized carbons (Fsp3) is 0.148. The zero-order valence-electron chi connectivity index (χ0n) is 18.2. The number of anilines is 2. The lowest BCUT2D eigenvalue weighted by molar-refractivity contribution is -0.117. The standard InChI is InChI=1S/C27H23N3O2S/c1-18(31)30-15-14-22-16-21(12-13-24(22)30)23-17-33-27(28-23)29-26(32)25(19-8-4-2-5-9-19)20-10-6-3-7-11-20/h2-13,16-17,25H,14-15H2,1H3,(H,28,29,32). The van der Waals surface area contributed by atoms with Gasteiger partial charge in [-0.1, -0.05) is 66.7 Å². The predicted molar refractivity (Wildman–Crippen MR) is 133 cm³/mol. The Morgan fingerprint density at radius 1 is 0.970 bits per heavy atom. The first-order valence-electron chi connectivity index (χ1n) is 10.9. The van der Waals surface area contributed by atoms with E-state index in [-0.39, 0.29) is 11.8 Å². The van der Waals surface area contributed by atoms with Gasteiger partial charge in [0.2, 0.25) is 11.8 Å². The first-order valence-corrected chi connectivity index (χ1v) is 11.8. The second-order valence-electron chi connectivity index (χ2n) is 8.05. The van der Waals surface area contributed by atoms with Crippen LogP contribution in [0.15, 0.2) is 84.2 Å². The van der Waals surface area contributed by atoms with E-state index in [0.717, 1.165) is 40.1 Å². The van der Waals surface area contributed by atoms with Crippen molar-refractivity contribution in [3.05, 3.63) is 101 Å². The largest absolute Gasteiger partial charge is 0.312 e. The van der Waals surface area contributed by atoms with Crippen molar-refractivity contribution >= 4 is 34.0 Å². The van der Waals surface area contributed by atoms with E-state index in [1.165, 1.54) is 11.3 Å². The van der Waals surface area contributed by atoms with Crippen molar-refractivity contribution in [1.82, 2.24) is 4.98 Å². The molecule has 164 valence electrons. The molecule has 0 saturated carbocycles. The molecule has 0 unspecified atom stereocenters.